The molecule has 8 heteroatoms. The molecule has 28 heavy (non-hydrogen) atoms. The average molecular weight is 421 g/mol. The summed E-state index contributed by atoms with van der Waals surface area (Å²) in [7, 11) is 0. The van der Waals surface area contributed by atoms with E-state index in [0.29, 0.717) is 18.2 Å². The van der Waals surface area contributed by atoms with E-state index in [0.717, 1.165) is 50.5 Å². The smallest absolute Gasteiger partial charge is 0.223 e. The third-order valence-electron chi connectivity index (χ3n) is 5.07. The molecule has 1 N–H and O–H groups in total. The minimum atomic E-state index is -0.0328. The number of carbonyl (C=O) groups is 2. The second-order valence-electron chi connectivity index (χ2n) is 7.05. The Hall–Kier alpha value is -1.80. The highest BCUT2D eigenvalue weighted by Crippen LogP contribution is 2.27. The normalized spacial score (nSPS) is 15.0. The number of imidazole rings is 1. The van der Waals surface area contributed by atoms with Gasteiger partial charge in [-0.2, -0.15) is 11.3 Å². The fraction of sp³-hybridized carbons (Fsp3) is 0.550. The predicted molar refractivity (Wildman–Crippen MR) is 115 cm³/mol. The third-order valence-corrected chi connectivity index (χ3v) is 6.64. The van der Waals surface area contributed by atoms with E-state index >= 15 is 0 Å². The molecule has 6 nitrogen and oxygen atoms in total. The number of thioether (sulfide) groups is 1. The Morgan fingerprint density at radius 2 is 2.18 bits per heavy atom. The Balaban J connectivity index is 1.41. The summed E-state index contributed by atoms with van der Waals surface area (Å²) in [6, 6.07) is 2.18. The van der Waals surface area contributed by atoms with Crippen LogP contribution in [-0.4, -0.2) is 51.0 Å². The van der Waals surface area contributed by atoms with Gasteiger partial charge < -0.3 is 14.8 Å². The molecule has 0 aliphatic carbocycles. The second-order valence-corrected chi connectivity index (χ2v) is 8.94. The third kappa shape index (κ3) is 6.10. The second kappa shape index (κ2) is 10.7. The minimum absolute atomic E-state index is 0.0328. The molecule has 1 aliphatic rings. The first kappa shape index (κ1) is 20.9. The molecule has 1 saturated heterocycles. The number of thiophene rings is 1. The lowest BCUT2D eigenvalue weighted by molar-refractivity contribution is -0.131. The average Bonchev–Trinajstić information content (AvgIpc) is 3.37. The SMILES string of the molecule is CC(=O)NCSCCC(=O)N1CCC(c2nccn2CCc2ccsc2)CC1. The number of piperidine rings is 1. The minimum Gasteiger partial charge on any atom is -0.347 e. The number of aryl methyl sites for hydroxylation is 2. The van der Waals surface area contributed by atoms with Crippen LogP contribution in [0.1, 0.15) is 43.5 Å². The Morgan fingerprint density at radius 1 is 1.36 bits per heavy atom. The lowest BCUT2D eigenvalue weighted by Crippen LogP contribution is -2.38. The lowest BCUT2D eigenvalue weighted by Gasteiger charge is -2.32. The number of nitrogens with one attached hydrogen (secondary N) is 1. The highest BCUT2D eigenvalue weighted by molar-refractivity contribution is 7.99. The number of hydrogen-bond acceptors (Lipinski definition) is 5. The summed E-state index contributed by atoms with van der Waals surface area (Å²) in [4.78, 5) is 29.8. The van der Waals surface area contributed by atoms with Crippen LogP contribution in [0, 0.1) is 0 Å². The lowest BCUT2D eigenvalue weighted by atomic mass is 9.95. The van der Waals surface area contributed by atoms with Gasteiger partial charge in [0.15, 0.2) is 0 Å². The molecule has 0 spiro atoms. The van der Waals surface area contributed by atoms with E-state index in [-0.39, 0.29) is 11.8 Å². The summed E-state index contributed by atoms with van der Waals surface area (Å²) in [5.41, 5.74) is 1.38. The van der Waals surface area contributed by atoms with E-state index in [1.54, 1.807) is 23.1 Å². The Morgan fingerprint density at radius 3 is 2.89 bits per heavy atom. The van der Waals surface area contributed by atoms with Crippen LogP contribution in [0.25, 0.3) is 0 Å². The number of carbonyl (C=O) groups excluding carboxylic acids is 2. The number of hydrogen-bond donors (Lipinski definition) is 1. The summed E-state index contributed by atoms with van der Waals surface area (Å²) < 4.78 is 2.28. The van der Waals surface area contributed by atoms with Crippen molar-refractivity contribution in [3.05, 3.63) is 40.6 Å². The van der Waals surface area contributed by atoms with Crippen molar-refractivity contribution in [2.24, 2.45) is 0 Å². The van der Waals surface area contributed by atoms with Crippen LogP contribution >= 0.6 is 23.1 Å². The maximum absolute atomic E-state index is 12.4. The van der Waals surface area contributed by atoms with E-state index in [9.17, 15) is 9.59 Å². The number of aromatic nitrogens is 2. The molecule has 2 aromatic heterocycles. The molecule has 1 fully saturated rings. The van der Waals surface area contributed by atoms with E-state index in [2.05, 4.69) is 37.9 Å². The fourth-order valence-corrected chi connectivity index (χ4v) is 4.96. The predicted octanol–water partition coefficient (Wildman–Crippen LogP) is 3.11. The first-order valence-corrected chi connectivity index (χ1v) is 11.9. The Kier molecular flexibility index (Phi) is 7.97. The van der Waals surface area contributed by atoms with Crippen LogP contribution in [-0.2, 0) is 22.6 Å². The van der Waals surface area contributed by atoms with Crippen molar-refractivity contribution < 1.29 is 9.59 Å². The van der Waals surface area contributed by atoms with Crippen molar-refractivity contribution in [3.8, 4) is 0 Å². The molecule has 2 amide bonds. The van der Waals surface area contributed by atoms with E-state index in [4.69, 9.17) is 0 Å². The van der Waals surface area contributed by atoms with Gasteiger partial charge in [0.25, 0.3) is 0 Å². The standard InChI is InChI=1S/C20H28N4O2S2/c1-16(25)22-15-28-13-6-19(26)23-9-3-18(4-10-23)20-21-7-11-24(20)8-2-17-5-12-27-14-17/h5,7,11-12,14,18H,2-4,6,8-10,13,15H2,1H3,(H,22,25). The summed E-state index contributed by atoms with van der Waals surface area (Å²) >= 11 is 3.33. The van der Waals surface area contributed by atoms with Gasteiger partial charge in [0.05, 0.1) is 5.88 Å². The number of rotatable bonds is 9. The molecule has 0 radical (unpaired) electrons. The van der Waals surface area contributed by atoms with Crippen LogP contribution in [0.3, 0.4) is 0 Å². The fourth-order valence-electron chi connectivity index (χ4n) is 3.48. The summed E-state index contributed by atoms with van der Waals surface area (Å²) in [6.45, 7) is 4.06. The summed E-state index contributed by atoms with van der Waals surface area (Å²) in [6.07, 6.45) is 7.48. The van der Waals surface area contributed by atoms with Crippen LogP contribution in [0.15, 0.2) is 29.2 Å². The maximum Gasteiger partial charge on any atom is 0.223 e. The molecule has 152 valence electrons. The topological polar surface area (TPSA) is 67.2 Å². The molecule has 0 saturated carbocycles. The van der Waals surface area contributed by atoms with Crippen molar-refractivity contribution >= 4 is 34.9 Å². The van der Waals surface area contributed by atoms with Crippen LogP contribution in [0.5, 0.6) is 0 Å². The van der Waals surface area contributed by atoms with Gasteiger partial charge in [0.2, 0.25) is 11.8 Å². The van der Waals surface area contributed by atoms with E-state index in [1.807, 2.05) is 11.1 Å². The maximum atomic E-state index is 12.4. The molecule has 1 aliphatic heterocycles. The molecule has 3 rings (SSSR count). The number of likely N-dealkylation sites (tertiary alicyclic amines) is 1. The van der Waals surface area contributed by atoms with Crippen molar-refractivity contribution in [2.45, 2.75) is 45.1 Å². The van der Waals surface area contributed by atoms with E-state index < -0.39 is 0 Å². The largest absolute Gasteiger partial charge is 0.347 e. The zero-order valence-corrected chi connectivity index (χ0v) is 17.9. The summed E-state index contributed by atoms with van der Waals surface area (Å²) in [5, 5.41) is 7.06. The van der Waals surface area contributed by atoms with Gasteiger partial charge in [0.1, 0.15) is 5.82 Å². The first-order valence-electron chi connectivity index (χ1n) is 9.75. The van der Waals surface area contributed by atoms with Gasteiger partial charge >= 0.3 is 0 Å². The molecule has 0 aromatic carbocycles. The Labute approximate surface area is 174 Å². The monoisotopic (exact) mass is 420 g/mol. The van der Waals surface area contributed by atoms with Crippen LogP contribution in [0.2, 0.25) is 0 Å². The number of amides is 2. The zero-order valence-electron chi connectivity index (χ0n) is 16.3. The summed E-state index contributed by atoms with van der Waals surface area (Å²) in [5.74, 6) is 3.08. The van der Waals surface area contributed by atoms with E-state index in [1.165, 1.54) is 12.5 Å². The zero-order chi connectivity index (χ0) is 19.8. The quantitative estimate of drug-likeness (QED) is 0.500. The molecule has 3 heterocycles. The van der Waals surface area contributed by atoms with Crippen LogP contribution < -0.4 is 5.32 Å². The van der Waals surface area contributed by atoms with Crippen molar-refractivity contribution in [2.75, 3.05) is 24.7 Å². The molecule has 2 aromatic rings. The highest BCUT2D eigenvalue weighted by atomic mass is 32.2. The van der Waals surface area contributed by atoms with Crippen LogP contribution in [0.4, 0.5) is 0 Å². The van der Waals surface area contributed by atoms with Crippen molar-refractivity contribution in [3.63, 3.8) is 0 Å². The molecular formula is C20H28N4O2S2. The highest BCUT2D eigenvalue weighted by Gasteiger charge is 2.26. The Bertz CT molecular complexity index is 752. The van der Waals surface area contributed by atoms with Gasteiger partial charge in [-0.1, -0.05) is 0 Å². The molecule has 0 bridgehead atoms. The van der Waals surface area contributed by atoms with Gasteiger partial charge in [-0.05, 0) is 41.7 Å². The molecule has 0 atom stereocenters. The van der Waals surface area contributed by atoms with Gasteiger partial charge in [-0.3, -0.25) is 9.59 Å². The molecule has 0 unspecified atom stereocenters. The number of nitrogens with zero attached hydrogens (tertiary/aromatic N) is 3. The van der Waals surface area contributed by atoms with Gasteiger partial charge in [0, 0.05) is 57.0 Å². The van der Waals surface area contributed by atoms with Crippen molar-refractivity contribution in [1.82, 2.24) is 19.8 Å². The molecular weight excluding hydrogens is 392 g/mol. The van der Waals surface area contributed by atoms with Gasteiger partial charge in [-0.15, -0.1) is 11.8 Å². The first-order chi connectivity index (χ1) is 13.6. The van der Waals surface area contributed by atoms with Crippen molar-refractivity contribution in [1.29, 1.82) is 0 Å². The van der Waals surface area contributed by atoms with Gasteiger partial charge in [-0.25, -0.2) is 4.98 Å².